The predicted octanol–water partition coefficient (Wildman–Crippen LogP) is 2.56. The van der Waals surface area contributed by atoms with Gasteiger partial charge in [0, 0.05) is 31.3 Å². The maximum Gasteiger partial charge on any atom is 0.151 e. The van der Waals surface area contributed by atoms with Crippen molar-refractivity contribution < 1.29 is 9.26 Å². The van der Waals surface area contributed by atoms with Crippen LogP contribution in [0.15, 0.2) is 10.6 Å². The van der Waals surface area contributed by atoms with Crippen LogP contribution in [0, 0.1) is 0 Å². The fraction of sp³-hybridized carbons (Fsp3) is 0.812. The van der Waals surface area contributed by atoms with Crippen LogP contribution in [-0.4, -0.2) is 41.4 Å². The van der Waals surface area contributed by atoms with Crippen LogP contribution >= 0.6 is 0 Å². The van der Waals surface area contributed by atoms with E-state index in [1.165, 1.54) is 12.8 Å². The Bertz CT molecular complexity index is 419. The van der Waals surface area contributed by atoms with Gasteiger partial charge in [-0.1, -0.05) is 12.1 Å². The molecule has 1 aromatic heterocycles. The average Bonchev–Trinajstić information content (AvgIpc) is 3.06. The minimum Gasteiger partial charge on any atom is -0.377 e. The van der Waals surface area contributed by atoms with Crippen molar-refractivity contribution >= 4 is 0 Å². The van der Waals surface area contributed by atoms with Gasteiger partial charge in [0.05, 0.1) is 18.3 Å². The summed E-state index contributed by atoms with van der Waals surface area (Å²) in [5, 5.41) is 7.56. The molecule has 1 atom stereocenters. The average molecular weight is 295 g/mol. The molecule has 2 rings (SSSR count). The molecular formula is C16H29N3O2. The van der Waals surface area contributed by atoms with Gasteiger partial charge >= 0.3 is 0 Å². The topological polar surface area (TPSA) is 50.5 Å². The second-order valence-electron chi connectivity index (χ2n) is 6.85. The highest BCUT2D eigenvalue weighted by molar-refractivity contribution is 5.05. The minimum absolute atomic E-state index is 0.0916. The lowest BCUT2D eigenvalue weighted by molar-refractivity contribution is 0.0695. The second kappa shape index (κ2) is 7.38. The van der Waals surface area contributed by atoms with E-state index in [0.29, 0.717) is 6.10 Å². The van der Waals surface area contributed by atoms with E-state index in [1.54, 1.807) is 0 Å². The summed E-state index contributed by atoms with van der Waals surface area (Å²) < 4.78 is 11.2. The molecule has 0 amide bonds. The third-order valence-corrected chi connectivity index (χ3v) is 3.72. The Hall–Kier alpha value is -0.910. The number of rotatable bonds is 7. The highest BCUT2D eigenvalue weighted by Gasteiger charge is 2.19. The lowest BCUT2D eigenvalue weighted by Gasteiger charge is -2.22. The van der Waals surface area contributed by atoms with E-state index in [9.17, 15) is 0 Å². The normalized spacial score (nSPS) is 19.6. The van der Waals surface area contributed by atoms with Crippen LogP contribution in [0.1, 0.15) is 52.0 Å². The van der Waals surface area contributed by atoms with Gasteiger partial charge < -0.3 is 14.6 Å². The molecule has 0 saturated carbocycles. The van der Waals surface area contributed by atoms with Crippen LogP contribution in [0.4, 0.5) is 0 Å². The van der Waals surface area contributed by atoms with Gasteiger partial charge in [-0.15, -0.1) is 0 Å². The van der Waals surface area contributed by atoms with Crippen molar-refractivity contribution in [2.45, 2.75) is 65.3 Å². The Morgan fingerprint density at radius 3 is 2.86 bits per heavy atom. The zero-order valence-electron chi connectivity index (χ0n) is 13.8. The van der Waals surface area contributed by atoms with Gasteiger partial charge in [-0.25, -0.2) is 0 Å². The molecule has 1 aromatic rings. The van der Waals surface area contributed by atoms with Gasteiger partial charge in [0.25, 0.3) is 0 Å². The molecule has 1 saturated heterocycles. The van der Waals surface area contributed by atoms with Gasteiger partial charge in [0.15, 0.2) is 5.76 Å². The smallest absolute Gasteiger partial charge is 0.151 e. The minimum atomic E-state index is 0.0916. The van der Waals surface area contributed by atoms with Crippen molar-refractivity contribution in [3.05, 3.63) is 17.5 Å². The third-order valence-electron chi connectivity index (χ3n) is 3.72. The van der Waals surface area contributed by atoms with E-state index in [1.807, 2.05) is 0 Å². The summed E-state index contributed by atoms with van der Waals surface area (Å²) in [5.41, 5.74) is 1.06. The second-order valence-corrected chi connectivity index (χ2v) is 6.85. The summed E-state index contributed by atoms with van der Waals surface area (Å²) in [7, 11) is 0. The lowest BCUT2D eigenvalue weighted by atomic mass is 10.1. The Morgan fingerprint density at radius 2 is 2.24 bits per heavy atom. The molecule has 0 spiro atoms. The molecule has 120 valence electrons. The first-order valence-corrected chi connectivity index (χ1v) is 7.99. The first-order chi connectivity index (χ1) is 9.96. The Morgan fingerprint density at radius 1 is 1.43 bits per heavy atom. The molecule has 1 aliphatic rings. The zero-order chi connectivity index (χ0) is 15.3. The van der Waals surface area contributed by atoms with Crippen molar-refractivity contribution in [1.29, 1.82) is 0 Å². The first kappa shape index (κ1) is 16.5. The number of ether oxygens (including phenoxy) is 1. The van der Waals surface area contributed by atoms with Crippen LogP contribution < -0.4 is 5.32 Å². The molecule has 1 N–H and O–H groups in total. The van der Waals surface area contributed by atoms with Crippen molar-refractivity contribution in [3.63, 3.8) is 0 Å². The largest absolute Gasteiger partial charge is 0.377 e. The van der Waals surface area contributed by atoms with E-state index in [-0.39, 0.29) is 5.54 Å². The van der Waals surface area contributed by atoms with E-state index >= 15 is 0 Å². The number of likely N-dealkylation sites (N-methyl/N-ethyl adjacent to an activating group) is 1. The van der Waals surface area contributed by atoms with Gasteiger partial charge in [-0.2, -0.15) is 0 Å². The first-order valence-electron chi connectivity index (χ1n) is 7.99. The van der Waals surface area contributed by atoms with Gasteiger partial charge in [-0.05, 0) is 40.2 Å². The molecule has 5 nitrogen and oxygen atoms in total. The van der Waals surface area contributed by atoms with Crippen LogP contribution in [0.3, 0.4) is 0 Å². The summed E-state index contributed by atoms with van der Waals surface area (Å²) >= 11 is 0. The molecular weight excluding hydrogens is 266 g/mol. The molecule has 0 bridgehead atoms. The van der Waals surface area contributed by atoms with Crippen LogP contribution in [0.5, 0.6) is 0 Å². The summed E-state index contributed by atoms with van der Waals surface area (Å²) in [4.78, 5) is 2.36. The van der Waals surface area contributed by atoms with E-state index < -0.39 is 0 Å². The molecule has 2 heterocycles. The van der Waals surface area contributed by atoms with E-state index in [0.717, 1.165) is 44.2 Å². The van der Waals surface area contributed by atoms with Crippen molar-refractivity contribution in [2.24, 2.45) is 0 Å². The fourth-order valence-electron chi connectivity index (χ4n) is 2.47. The van der Waals surface area contributed by atoms with E-state index in [4.69, 9.17) is 9.26 Å². The summed E-state index contributed by atoms with van der Waals surface area (Å²) in [6.45, 7) is 13.0. The predicted molar refractivity (Wildman–Crippen MR) is 83.0 cm³/mol. The summed E-state index contributed by atoms with van der Waals surface area (Å²) in [5.74, 6) is 0.931. The van der Waals surface area contributed by atoms with Gasteiger partial charge in [0.1, 0.15) is 0 Å². The number of hydrogen-bond acceptors (Lipinski definition) is 5. The van der Waals surface area contributed by atoms with Crippen molar-refractivity contribution in [3.8, 4) is 0 Å². The van der Waals surface area contributed by atoms with E-state index in [2.05, 4.69) is 49.1 Å². The quantitative estimate of drug-likeness (QED) is 0.838. The zero-order valence-corrected chi connectivity index (χ0v) is 13.8. The Balaban J connectivity index is 1.82. The maximum atomic E-state index is 5.71. The highest BCUT2D eigenvalue weighted by atomic mass is 16.5. The molecule has 1 unspecified atom stereocenters. The molecule has 5 heteroatoms. The Labute approximate surface area is 128 Å². The maximum absolute atomic E-state index is 5.71. The molecule has 1 aliphatic heterocycles. The lowest BCUT2D eigenvalue weighted by Crippen LogP contribution is -2.35. The van der Waals surface area contributed by atoms with Crippen LogP contribution in [0.25, 0.3) is 0 Å². The molecule has 21 heavy (non-hydrogen) atoms. The molecule has 1 fully saturated rings. The number of nitrogens with one attached hydrogen (secondary N) is 1. The summed E-state index contributed by atoms with van der Waals surface area (Å²) in [6.07, 6.45) is 2.75. The highest BCUT2D eigenvalue weighted by Crippen LogP contribution is 2.15. The number of nitrogens with zero attached hydrogens (tertiary/aromatic N) is 2. The van der Waals surface area contributed by atoms with Crippen LogP contribution in [0.2, 0.25) is 0 Å². The van der Waals surface area contributed by atoms with Crippen molar-refractivity contribution in [2.75, 3.05) is 19.7 Å². The molecule has 0 aliphatic carbocycles. The number of aromatic nitrogens is 1. The Kier molecular flexibility index (Phi) is 5.79. The van der Waals surface area contributed by atoms with Crippen molar-refractivity contribution in [1.82, 2.24) is 15.4 Å². The molecule has 0 radical (unpaired) electrons. The number of hydrogen-bond donors (Lipinski definition) is 1. The summed E-state index contributed by atoms with van der Waals surface area (Å²) in [6, 6.07) is 2.05. The third kappa shape index (κ3) is 5.77. The monoisotopic (exact) mass is 295 g/mol. The van der Waals surface area contributed by atoms with Gasteiger partial charge in [-0.3, -0.25) is 4.90 Å². The SMILES string of the molecule is CCN(Cc1cc(CNC(C)(C)C)no1)CC1CCCO1. The standard InChI is InChI=1S/C16H29N3O2/c1-5-19(11-14-7-6-8-20-14)12-15-9-13(18-21-15)10-17-16(2,3)4/h9,14,17H,5-8,10-12H2,1-4H3. The molecule has 0 aromatic carbocycles. The fourth-order valence-corrected chi connectivity index (χ4v) is 2.47. The van der Waals surface area contributed by atoms with Gasteiger partial charge in [0.2, 0.25) is 0 Å². The van der Waals surface area contributed by atoms with Crippen LogP contribution in [-0.2, 0) is 17.8 Å².